The molecular weight excluding hydrogens is 454 g/mol. The number of anilines is 1. The summed E-state index contributed by atoms with van der Waals surface area (Å²) in [5.41, 5.74) is 2.39. The zero-order chi connectivity index (χ0) is 21.1. The highest BCUT2D eigenvalue weighted by molar-refractivity contribution is 9.10. The predicted octanol–water partition coefficient (Wildman–Crippen LogP) is 4.73. The molecule has 0 atom stereocenters. The van der Waals surface area contributed by atoms with Gasteiger partial charge in [0.15, 0.2) is 17.3 Å². The summed E-state index contributed by atoms with van der Waals surface area (Å²) in [6.45, 7) is 2.86. The highest BCUT2D eigenvalue weighted by Gasteiger charge is 2.17. The summed E-state index contributed by atoms with van der Waals surface area (Å²) in [7, 11) is 0. The van der Waals surface area contributed by atoms with Gasteiger partial charge in [0.2, 0.25) is 0 Å². The summed E-state index contributed by atoms with van der Waals surface area (Å²) in [6.07, 6.45) is 1.42. The van der Waals surface area contributed by atoms with E-state index in [0.717, 1.165) is 15.6 Å². The maximum Gasteiger partial charge on any atom is 0.338 e. The van der Waals surface area contributed by atoms with Gasteiger partial charge in [-0.2, -0.15) is 0 Å². The summed E-state index contributed by atoms with van der Waals surface area (Å²) in [4.78, 5) is 24.8. The van der Waals surface area contributed by atoms with Crippen LogP contribution in [0.2, 0.25) is 0 Å². The van der Waals surface area contributed by atoms with Crippen molar-refractivity contribution in [3.05, 3.63) is 75.7 Å². The number of esters is 1. The molecule has 2 aromatic carbocycles. The Labute approximate surface area is 181 Å². The van der Waals surface area contributed by atoms with Crippen molar-refractivity contribution < 1.29 is 28.2 Å². The minimum absolute atomic E-state index is 0.0536. The molecule has 0 bridgehead atoms. The summed E-state index contributed by atoms with van der Waals surface area (Å²) in [6, 6.07) is 11.8. The van der Waals surface area contributed by atoms with Crippen LogP contribution in [0.4, 0.5) is 5.69 Å². The SMILES string of the molecule is Cc1ccc(C(=O)OCc2cc3c(cc2Br)OCCO3)cc1NC(=O)c1ccco1. The topological polar surface area (TPSA) is 87.0 Å². The Bertz CT molecular complexity index is 1090. The lowest BCUT2D eigenvalue weighted by Gasteiger charge is -2.20. The lowest BCUT2D eigenvalue weighted by atomic mass is 10.1. The van der Waals surface area contributed by atoms with Crippen molar-refractivity contribution in [3.63, 3.8) is 0 Å². The van der Waals surface area contributed by atoms with E-state index >= 15 is 0 Å². The maximum atomic E-state index is 12.6. The van der Waals surface area contributed by atoms with Crippen molar-refractivity contribution in [2.75, 3.05) is 18.5 Å². The van der Waals surface area contributed by atoms with Gasteiger partial charge >= 0.3 is 5.97 Å². The van der Waals surface area contributed by atoms with Crippen LogP contribution < -0.4 is 14.8 Å². The highest BCUT2D eigenvalue weighted by Crippen LogP contribution is 2.36. The van der Waals surface area contributed by atoms with E-state index in [2.05, 4.69) is 21.2 Å². The third-order valence-corrected chi connectivity index (χ3v) is 5.27. The van der Waals surface area contributed by atoms with Crippen LogP contribution in [-0.2, 0) is 11.3 Å². The molecular formula is C22H18BrNO6. The fraction of sp³-hybridized carbons (Fsp3) is 0.182. The minimum Gasteiger partial charge on any atom is -0.486 e. The van der Waals surface area contributed by atoms with Gasteiger partial charge in [-0.15, -0.1) is 0 Å². The molecule has 1 aromatic heterocycles. The van der Waals surface area contributed by atoms with Gasteiger partial charge in [-0.3, -0.25) is 4.79 Å². The number of ether oxygens (including phenoxy) is 3. The molecule has 0 spiro atoms. The first-order chi connectivity index (χ1) is 14.5. The van der Waals surface area contributed by atoms with E-state index in [1.54, 1.807) is 42.5 Å². The number of carbonyl (C=O) groups is 2. The van der Waals surface area contributed by atoms with Crippen LogP contribution in [0.5, 0.6) is 11.5 Å². The molecule has 0 fully saturated rings. The third-order valence-electron chi connectivity index (χ3n) is 4.54. The average Bonchev–Trinajstić information content (AvgIpc) is 3.28. The third kappa shape index (κ3) is 4.33. The van der Waals surface area contributed by atoms with E-state index in [1.165, 1.54) is 6.26 Å². The first-order valence-electron chi connectivity index (χ1n) is 9.22. The van der Waals surface area contributed by atoms with Crippen LogP contribution in [0, 0.1) is 6.92 Å². The first-order valence-corrected chi connectivity index (χ1v) is 10.0. The molecule has 4 rings (SSSR count). The van der Waals surface area contributed by atoms with E-state index < -0.39 is 11.9 Å². The van der Waals surface area contributed by atoms with Crippen molar-refractivity contribution >= 4 is 33.5 Å². The van der Waals surface area contributed by atoms with Crippen LogP contribution >= 0.6 is 15.9 Å². The molecule has 1 amide bonds. The summed E-state index contributed by atoms with van der Waals surface area (Å²) in [5.74, 6) is 0.553. The van der Waals surface area contributed by atoms with Crippen molar-refractivity contribution in [1.82, 2.24) is 0 Å². The van der Waals surface area contributed by atoms with Gasteiger partial charge in [0.05, 0.1) is 11.8 Å². The monoisotopic (exact) mass is 471 g/mol. The fourth-order valence-corrected chi connectivity index (χ4v) is 3.36. The Hall–Kier alpha value is -3.26. The Morgan fingerprint density at radius 1 is 1.10 bits per heavy atom. The molecule has 8 heteroatoms. The largest absolute Gasteiger partial charge is 0.486 e. The fourth-order valence-electron chi connectivity index (χ4n) is 2.92. The molecule has 154 valence electrons. The molecule has 2 heterocycles. The maximum absolute atomic E-state index is 12.6. The molecule has 7 nitrogen and oxygen atoms in total. The predicted molar refractivity (Wildman–Crippen MR) is 112 cm³/mol. The lowest BCUT2D eigenvalue weighted by Crippen LogP contribution is -2.16. The second-order valence-corrected chi connectivity index (χ2v) is 7.48. The zero-order valence-corrected chi connectivity index (χ0v) is 17.7. The standard InChI is InChI=1S/C22H18BrNO6/c1-13-4-5-14(9-17(13)24-21(25)18-3-2-6-27-18)22(26)30-12-15-10-19-20(11-16(15)23)29-8-7-28-19/h2-6,9-11H,7-8,12H2,1H3,(H,24,25). The number of nitrogens with one attached hydrogen (secondary N) is 1. The molecule has 0 unspecified atom stereocenters. The molecule has 3 aromatic rings. The van der Waals surface area contributed by atoms with E-state index in [1.807, 2.05) is 6.92 Å². The number of hydrogen-bond donors (Lipinski definition) is 1. The van der Waals surface area contributed by atoms with Gasteiger partial charge in [0.1, 0.15) is 19.8 Å². The number of rotatable bonds is 5. The number of furan rings is 1. The van der Waals surface area contributed by atoms with Crippen LogP contribution in [0.15, 0.2) is 57.6 Å². The van der Waals surface area contributed by atoms with Crippen LogP contribution in [0.1, 0.15) is 32.0 Å². The number of carbonyl (C=O) groups excluding carboxylic acids is 2. The number of benzene rings is 2. The van der Waals surface area contributed by atoms with Crippen LogP contribution in [0.25, 0.3) is 0 Å². The summed E-state index contributed by atoms with van der Waals surface area (Å²) >= 11 is 3.47. The Morgan fingerprint density at radius 3 is 2.60 bits per heavy atom. The molecule has 30 heavy (non-hydrogen) atoms. The van der Waals surface area contributed by atoms with Gasteiger partial charge in [0, 0.05) is 15.7 Å². The van der Waals surface area contributed by atoms with E-state index in [-0.39, 0.29) is 12.4 Å². The smallest absolute Gasteiger partial charge is 0.338 e. The summed E-state index contributed by atoms with van der Waals surface area (Å²) in [5, 5.41) is 2.75. The van der Waals surface area contributed by atoms with Crippen molar-refractivity contribution in [1.29, 1.82) is 0 Å². The molecule has 1 aliphatic rings. The van der Waals surface area contributed by atoms with E-state index in [0.29, 0.717) is 36.0 Å². The van der Waals surface area contributed by atoms with Crippen LogP contribution in [-0.4, -0.2) is 25.1 Å². The first kappa shape index (κ1) is 20.0. The number of hydrogen-bond acceptors (Lipinski definition) is 6. The second-order valence-electron chi connectivity index (χ2n) is 6.62. The molecule has 0 saturated carbocycles. The van der Waals surface area contributed by atoms with E-state index in [4.69, 9.17) is 18.6 Å². The number of fused-ring (bicyclic) bond motifs is 1. The molecule has 0 radical (unpaired) electrons. The second kappa shape index (κ2) is 8.62. The zero-order valence-electron chi connectivity index (χ0n) is 16.1. The Balaban J connectivity index is 1.45. The van der Waals surface area contributed by atoms with Crippen LogP contribution in [0.3, 0.4) is 0 Å². The Kier molecular flexibility index (Phi) is 5.76. The minimum atomic E-state index is -0.509. The Morgan fingerprint density at radius 2 is 1.87 bits per heavy atom. The quantitative estimate of drug-likeness (QED) is 0.541. The molecule has 0 saturated heterocycles. The van der Waals surface area contributed by atoms with Crippen molar-refractivity contribution in [3.8, 4) is 11.5 Å². The van der Waals surface area contributed by atoms with Crippen molar-refractivity contribution in [2.45, 2.75) is 13.5 Å². The normalized spacial score (nSPS) is 12.3. The van der Waals surface area contributed by atoms with Gasteiger partial charge in [-0.25, -0.2) is 4.79 Å². The van der Waals surface area contributed by atoms with Gasteiger partial charge < -0.3 is 23.9 Å². The highest BCUT2D eigenvalue weighted by atomic mass is 79.9. The van der Waals surface area contributed by atoms with Gasteiger partial charge in [0.25, 0.3) is 5.91 Å². The molecule has 0 aliphatic carbocycles. The number of halogens is 1. The molecule has 1 aliphatic heterocycles. The number of amides is 1. The summed E-state index contributed by atoms with van der Waals surface area (Å²) < 4.78 is 22.4. The van der Waals surface area contributed by atoms with Gasteiger partial charge in [-0.1, -0.05) is 22.0 Å². The van der Waals surface area contributed by atoms with E-state index in [9.17, 15) is 9.59 Å². The molecule has 1 N–H and O–H groups in total. The lowest BCUT2D eigenvalue weighted by molar-refractivity contribution is 0.0471. The number of aryl methyl sites for hydroxylation is 1. The van der Waals surface area contributed by atoms with Gasteiger partial charge in [-0.05, 0) is 48.9 Å². The average molecular weight is 472 g/mol. The van der Waals surface area contributed by atoms with Crippen molar-refractivity contribution in [2.24, 2.45) is 0 Å².